The van der Waals surface area contributed by atoms with E-state index in [-0.39, 0.29) is 6.71 Å². The molecule has 3 nitrogen and oxygen atoms in total. The van der Waals surface area contributed by atoms with E-state index in [9.17, 15) is 0 Å². The molecule has 2 aliphatic heterocycles. The maximum atomic E-state index is 2.75. The van der Waals surface area contributed by atoms with Crippen LogP contribution in [0.4, 0.5) is 34.1 Å². The highest BCUT2D eigenvalue weighted by Crippen LogP contribution is 2.68. The first-order valence-electron chi connectivity index (χ1n) is 38.4. The maximum Gasteiger partial charge on any atom is 0.253 e. The average Bonchev–Trinajstić information content (AvgIpc) is 1.54. The van der Waals surface area contributed by atoms with E-state index in [2.05, 4.69) is 390 Å². The molecule has 18 aromatic rings. The summed E-state index contributed by atoms with van der Waals surface area (Å²) in [7, 11) is 0. The van der Waals surface area contributed by atoms with Crippen molar-refractivity contribution in [3.8, 4) is 83.6 Å². The van der Waals surface area contributed by atoms with E-state index in [1.165, 1.54) is 183 Å². The third kappa shape index (κ3) is 6.92. The molecule has 0 atom stereocenters. The number of fused-ring (bicyclic) bond motifs is 39. The second kappa shape index (κ2) is 20.8. The van der Waals surface area contributed by atoms with E-state index in [0.717, 1.165) is 39.5 Å². The van der Waals surface area contributed by atoms with Crippen LogP contribution in [0.5, 0.6) is 0 Å². The molecule has 3 spiro atoms. The average molecular weight is 1380 g/mol. The standard InChI is InChI=1S/C105H62BN3/c1-2-26-63(27-3-1)64-50-52-65(53-51-64)107-94-59-57-91-98(79-38-12-23-47-89(79)104(91)83-41-17-6-30-70(83)71-31-7-18-42-84(71)104)101(94)106-100-96(107)61-67(109-92-48-24-13-36-76(92)77-37-14-25-49-93(77)109)62-97(100)108(66-54-56-90-80(60-66)75-35-11-19-43-85(75)103(90)81-39-15-4-28-68(81)69-29-5-16-40-82(69)103)95-58-55-78-74-34-10-22-46-88(74)105(99(78)102(95)106)86-44-20-8-32-72(86)73-33-9-21-45-87(73)105/h1-62H. The van der Waals surface area contributed by atoms with Gasteiger partial charge in [-0.2, -0.15) is 0 Å². The van der Waals surface area contributed by atoms with E-state index in [1.807, 2.05) is 0 Å². The first-order valence-corrected chi connectivity index (χ1v) is 38.4. The van der Waals surface area contributed by atoms with Crippen molar-refractivity contribution < 1.29 is 0 Å². The van der Waals surface area contributed by atoms with Crippen LogP contribution in [0.2, 0.25) is 0 Å². The molecule has 0 saturated carbocycles. The predicted octanol–water partition coefficient (Wildman–Crippen LogP) is 23.6. The summed E-state index contributed by atoms with van der Waals surface area (Å²) in [6, 6.07) is 146. The predicted molar refractivity (Wildman–Crippen MR) is 449 cm³/mol. The second-order valence-electron chi connectivity index (χ2n) is 31.0. The van der Waals surface area contributed by atoms with Crippen LogP contribution in [0.3, 0.4) is 0 Å². The minimum Gasteiger partial charge on any atom is -0.311 e. The number of benzene rings is 17. The molecule has 109 heavy (non-hydrogen) atoms. The fourth-order valence-electron chi connectivity index (χ4n) is 22.9. The van der Waals surface area contributed by atoms with E-state index in [0.29, 0.717) is 0 Å². The molecule has 0 bridgehead atoms. The SMILES string of the molecule is c1ccc(-c2ccc(N3c4cc(-n5c6ccccc6c6ccccc65)cc5c4B(c4c3ccc3c4-c4ccccc4C34c3ccccc3-c3ccccc34)c3c(ccc4c3C3(c6ccccc6-c6ccccc63)c3ccccc3-4)N5c3ccc4c(c3)-c3ccccc3C43c4ccccc4-c4ccccc43)cc2)cc1. The van der Waals surface area contributed by atoms with Gasteiger partial charge in [0.2, 0.25) is 0 Å². The van der Waals surface area contributed by atoms with Crippen molar-refractivity contribution in [3.63, 3.8) is 0 Å². The zero-order valence-electron chi connectivity index (χ0n) is 59.2. The molecule has 6 aliphatic carbocycles. The molecule has 17 aromatic carbocycles. The van der Waals surface area contributed by atoms with Crippen LogP contribution in [0.25, 0.3) is 105 Å². The first kappa shape index (κ1) is 58.5. The number of anilines is 6. The van der Waals surface area contributed by atoms with Gasteiger partial charge < -0.3 is 14.4 Å². The monoisotopic (exact) mass is 1380 g/mol. The van der Waals surface area contributed by atoms with Crippen LogP contribution in [0.1, 0.15) is 66.8 Å². The smallest absolute Gasteiger partial charge is 0.253 e. The molecule has 0 saturated heterocycles. The molecule has 8 aliphatic rings. The summed E-state index contributed by atoms with van der Waals surface area (Å²) >= 11 is 0. The van der Waals surface area contributed by atoms with E-state index in [1.54, 1.807) is 0 Å². The van der Waals surface area contributed by atoms with Crippen molar-refractivity contribution in [2.75, 3.05) is 9.80 Å². The third-order valence-electron chi connectivity index (χ3n) is 26.6. The van der Waals surface area contributed by atoms with Gasteiger partial charge in [-0.25, -0.2) is 0 Å². The summed E-state index contributed by atoms with van der Waals surface area (Å²) in [5.41, 5.74) is 46.0. The topological polar surface area (TPSA) is 11.4 Å². The van der Waals surface area contributed by atoms with Crippen LogP contribution in [-0.4, -0.2) is 11.3 Å². The van der Waals surface area contributed by atoms with Crippen LogP contribution < -0.4 is 26.2 Å². The zero-order chi connectivity index (χ0) is 70.7. The molecule has 0 amide bonds. The zero-order valence-corrected chi connectivity index (χ0v) is 59.2. The molecule has 0 fully saturated rings. The Bertz CT molecular complexity index is 6950. The fraction of sp³-hybridized carbons (Fsp3) is 0.0286. The minimum absolute atomic E-state index is 0.352. The molecule has 500 valence electrons. The van der Waals surface area contributed by atoms with Gasteiger partial charge in [-0.05, 0) is 222 Å². The Morgan fingerprint density at radius 1 is 0.202 bits per heavy atom. The van der Waals surface area contributed by atoms with Gasteiger partial charge in [-0.3, -0.25) is 0 Å². The summed E-state index contributed by atoms with van der Waals surface area (Å²) in [6.07, 6.45) is 0. The summed E-state index contributed by atoms with van der Waals surface area (Å²) in [6.45, 7) is -0.352. The molecule has 26 rings (SSSR count). The van der Waals surface area contributed by atoms with Gasteiger partial charge in [0.05, 0.1) is 33.0 Å². The number of nitrogens with zero attached hydrogens (tertiary/aromatic N) is 3. The van der Waals surface area contributed by atoms with Crippen LogP contribution in [-0.2, 0) is 16.2 Å². The van der Waals surface area contributed by atoms with Crippen LogP contribution >= 0.6 is 0 Å². The Kier molecular flexibility index (Phi) is 11.2. The molecule has 3 heterocycles. The third-order valence-corrected chi connectivity index (χ3v) is 26.6. The number of rotatable bonds is 4. The first-order chi connectivity index (χ1) is 54.1. The lowest BCUT2D eigenvalue weighted by Gasteiger charge is -2.47. The Morgan fingerprint density at radius 2 is 0.550 bits per heavy atom. The van der Waals surface area contributed by atoms with Crippen LogP contribution in [0.15, 0.2) is 376 Å². The van der Waals surface area contributed by atoms with Gasteiger partial charge in [0.15, 0.2) is 0 Å². The van der Waals surface area contributed by atoms with Crippen molar-refractivity contribution in [3.05, 3.63) is 443 Å². The Balaban J connectivity index is 0.855. The molecule has 1 aromatic heterocycles. The highest BCUT2D eigenvalue weighted by Gasteiger charge is 2.60. The molecular formula is C105H62BN3. The minimum atomic E-state index is -0.728. The lowest BCUT2D eigenvalue weighted by molar-refractivity contribution is 0.793. The quantitative estimate of drug-likeness (QED) is 0.163. The van der Waals surface area contributed by atoms with E-state index >= 15 is 0 Å². The second-order valence-corrected chi connectivity index (χ2v) is 31.0. The summed E-state index contributed by atoms with van der Waals surface area (Å²) in [4.78, 5) is 5.44. The van der Waals surface area contributed by atoms with Gasteiger partial charge >= 0.3 is 0 Å². The Labute approximate surface area is 631 Å². The largest absolute Gasteiger partial charge is 0.311 e. The van der Waals surface area contributed by atoms with Gasteiger partial charge in [0.1, 0.15) is 0 Å². The normalized spacial score (nSPS) is 15.0. The van der Waals surface area contributed by atoms with Crippen molar-refractivity contribution in [2.45, 2.75) is 16.2 Å². The number of aromatic nitrogens is 1. The summed E-state index contributed by atoms with van der Waals surface area (Å²) < 4.78 is 2.56. The van der Waals surface area contributed by atoms with Crippen molar-refractivity contribution in [1.29, 1.82) is 0 Å². The molecule has 0 unspecified atom stereocenters. The van der Waals surface area contributed by atoms with Gasteiger partial charge in [-0.15, -0.1) is 0 Å². The maximum absolute atomic E-state index is 2.75. The van der Waals surface area contributed by atoms with Crippen molar-refractivity contribution >= 4 is 79.0 Å². The lowest BCUT2D eigenvalue weighted by atomic mass is 9.31. The summed E-state index contributed by atoms with van der Waals surface area (Å²) in [5, 5.41) is 2.44. The number of hydrogen-bond donors (Lipinski definition) is 0. The van der Waals surface area contributed by atoms with Crippen molar-refractivity contribution in [1.82, 2.24) is 4.57 Å². The van der Waals surface area contributed by atoms with E-state index in [4.69, 9.17) is 0 Å². The van der Waals surface area contributed by atoms with Crippen LogP contribution in [0, 0.1) is 0 Å². The number of para-hydroxylation sites is 2. The molecule has 0 radical (unpaired) electrons. The summed E-state index contributed by atoms with van der Waals surface area (Å²) in [5.74, 6) is 0. The fourth-order valence-corrected chi connectivity index (χ4v) is 22.9. The Hall–Kier alpha value is -13.8. The Morgan fingerprint density at radius 3 is 1.06 bits per heavy atom. The van der Waals surface area contributed by atoms with Gasteiger partial charge in [-0.1, -0.05) is 315 Å². The van der Waals surface area contributed by atoms with Gasteiger partial charge in [0, 0.05) is 44.9 Å². The molecular weight excluding hydrogens is 1310 g/mol. The van der Waals surface area contributed by atoms with E-state index < -0.39 is 16.2 Å². The molecule has 4 heteroatoms. The highest BCUT2D eigenvalue weighted by atomic mass is 15.2. The number of hydrogen-bond acceptors (Lipinski definition) is 2. The van der Waals surface area contributed by atoms with Gasteiger partial charge in [0.25, 0.3) is 6.71 Å². The van der Waals surface area contributed by atoms with Crippen molar-refractivity contribution in [2.24, 2.45) is 0 Å². The highest BCUT2D eigenvalue weighted by molar-refractivity contribution is 7.01. The molecule has 0 N–H and O–H groups in total. The lowest BCUT2D eigenvalue weighted by Crippen LogP contribution is -2.63.